The first-order valence-electron chi connectivity index (χ1n) is 24.2. The number of benzene rings is 13. The summed E-state index contributed by atoms with van der Waals surface area (Å²) < 4.78 is 0. The van der Waals surface area contributed by atoms with E-state index in [-0.39, 0.29) is 0 Å². The third-order valence-corrected chi connectivity index (χ3v) is 15.6. The van der Waals surface area contributed by atoms with Crippen LogP contribution in [-0.2, 0) is 5.41 Å². The van der Waals surface area contributed by atoms with Crippen LogP contribution in [0.2, 0.25) is 0 Å². The van der Waals surface area contributed by atoms with E-state index in [1.165, 1.54) is 143 Å². The first-order chi connectivity index (χ1) is 34.3. The molecule has 1 spiro atoms. The number of fused-ring (bicyclic) bond motifs is 16. The maximum Gasteiger partial charge on any atom is 0.0731 e. The van der Waals surface area contributed by atoms with Crippen molar-refractivity contribution in [2.75, 3.05) is 0 Å². The molecule has 0 fully saturated rings. The van der Waals surface area contributed by atoms with Gasteiger partial charge in [0.05, 0.1) is 5.41 Å². The second-order valence-electron chi connectivity index (χ2n) is 18.9. The van der Waals surface area contributed by atoms with E-state index in [0.717, 1.165) is 0 Å². The molecule has 15 rings (SSSR count). The quantitative estimate of drug-likeness (QED) is 0.155. The number of rotatable bonds is 4. The molecule has 0 nitrogen and oxygen atoms in total. The minimum absolute atomic E-state index is 0.540. The first kappa shape index (κ1) is 38.3. The Morgan fingerprint density at radius 3 is 1.01 bits per heavy atom. The van der Waals surface area contributed by atoms with Crippen LogP contribution in [0.5, 0.6) is 0 Å². The molecule has 69 heavy (non-hydrogen) atoms. The summed E-state index contributed by atoms with van der Waals surface area (Å²) in [6.45, 7) is 0. The summed E-state index contributed by atoms with van der Waals surface area (Å²) in [4.78, 5) is 0. The molecule has 0 N–H and O–H groups in total. The summed E-state index contributed by atoms with van der Waals surface area (Å²) in [6, 6.07) is 95.7. The van der Waals surface area contributed by atoms with E-state index in [1.54, 1.807) is 0 Å². The van der Waals surface area contributed by atoms with E-state index in [9.17, 15) is 0 Å². The number of hydrogen-bond donors (Lipinski definition) is 0. The maximum atomic E-state index is 2.57. The van der Waals surface area contributed by atoms with E-state index in [4.69, 9.17) is 0 Å². The molecule has 0 radical (unpaired) electrons. The minimum Gasteiger partial charge on any atom is -0.0622 e. The average molecular weight is 871 g/mol. The molecular formula is C69H42. The molecule has 2 aliphatic carbocycles. The maximum absolute atomic E-state index is 2.57. The lowest BCUT2D eigenvalue weighted by Gasteiger charge is -2.32. The van der Waals surface area contributed by atoms with Gasteiger partial charge in [-0.25, -0.2) is 0 Å². The molecule has 0 saturated carbocycles. The lowest BCUT2D eigenvalue weighted by molar-refractivity contribution is 0.801. The average Bonchev–Trinajstić information content (AvgIpc) is 3.89. The Morgan fingerprint density at radius 2 is 0.551 bits per heavy atom. The molecule has 0 heteroatoms. The third kappa shape index (κ3) is 5.23. The highest BCUT2D eigenvalue weighted by Crippen LogP contribution is 2.65. The van der Waals surface area contributed by atoms with Crippen LogP contribution < -0.4 is 0 Å². The predicted molar refractivity (Wildman–Crippen MR) is 292 cm³/mol. The predicted octanol–water partition coefficient (Wildman–Crippen LogP) is 18.5. The Bertz CT molecular complexity index is 4130. The van der Waals surface area contributed by atoms with Crippen LogP contribution in [0.3, 0.4) is 0 Å². The Hall–Kier alpha value is -8.84. The molecule has 2 aliphatic rings. The SMILES string of the molecule is c1ccc(-c2c3ccccc3c(-c3ccc4c(c3)C3(c5ccccc5-c5ccccc53)c3c-4ccc4cc(-c5c6ccccc6c(-c6ccccc6)c6ccccc56)ccc34)c3ccccc23)cc1. The van der Waals surface area contributed by atoms with Crippen molar-refractivity contribution in [2.45, 2.75) is 5.41 Å². The van der Waals surface area contributed by atoms with Crippen LogP contribution in [0.25, 0.3) is 121 Å². The van der Waals surface area contributed by atoms with E-state index < -0.39 is 5.41 Å². The topological polar surface area (TPSA) is 0 Å². The van der Waals surface area contributed by atoms with Crippen LogP contribution in [0.15, 0.2) is 255 Å². The van der Waals surface area contributed by atoms with E-state index >= 15 is 0 Å². The van der Waals surface area contributed by atoms with Gasteiger partial charge < -0.3 is 0 Å². The third-order valence-electron chi connectivity index (χ3n) is 15.6. The largest absolute Gasteiger partial charge is 0.0731 e. The molecule has 0 atom stereocenters. The zero-order valence-electron chi connectivity index (χ0n) is 37.7. The fourth-order valence-corrected chi connectivity index (χ4v) is 13.0. The van der Waals surface area contributed by atoms with Crippen LogP contribution in [0.4, 0.5) is 0 Å². The lowest BCUT2D eigenvalue weighted by Crippen LogP contribution is -2.26. The van der Waals surface area contributed by atoms with Gasteiger partial charge in [-0.1, -0.05) is 243 Å². The highest BCUT2D eigenvalue weighted by Gasteiger charge is 2.52. The monoisotopic (exact) mass is 870 g/mol. The van der Waals surface area contributed by atoms with E-state index in [2.05, 4.69) is 255 Å². The van der Waals surface area contributed by atoms with Gasteiger partial charge in [-0.2, -0.15) is 0 Å². The zero-order chi connectivity index (χ0) is 45.2. The lowest BCUT2D eigenvalue weighted by atomic mass is 9.69. The standard InChI is InChI=1S/C69H42/c1-3-19-43(20-4-1)64-52-25-7-11-29-56(52)66(57-30-12-8-26-53(57)64)46-36-38-48-45(41-46)35-40-60-51-39-37-47(42-63(51)69(68(48)60)61-33-17-15-23-49(61)50-24-16-18-34-62(50)69)67-58-31-13-9-27-54(58)65(44-21-5-2-6-22-44)55-28-10-14-32-59(55)67/h1-42H. The van der Waals surface area contributed by atoms with Crippen molar-refractivity contribution in [2.24, 2.45) is 0 Å². The molecule has 13 aromatic rings. The minimum atomic E-state index is -0.540. The molecule has 318 valence electrons. The molecule has 0 bridgehead atoms. The van der Waals surface area contributed by atoms with Gasteiger partial charge >= 0.3 is 0 Å². The highest BCUT2D eigenvalue weighted by atomic mass is 14.5. The summed E-state index contributed by atoms with van der Waals surface area (Å²) in [5.74, 6) is 0. The Kier molecular flexibility index (Phi) is 8.09. The smallest absolute Gasteiger partial charge is 0.0622 e. The van der Waals surface area contributed by atoms with Gasteiger partial charge in [0.2, 0.25) is 0 Å². The second-order valence-corrected chi connectivity index (χ2v) is 18.9. The van der Waals surface area contributed by atoms with Crippen molar-refractivity contribution in [1.82, 2.24) is 0 Å². The van der Waals surface area contributed by atoms with Gasteiger partial charge in [0.25, 0.3) is 0 Å². The van der Waals surface area contributed by atoms with Gasteiger partial charge in [-0.3, -0.25) is 0 Å². The van der Waals surface area contributed by atoms with Crippen molar-refractivity contribution >= 4 is 53.9 Å². The molecule has 0 heterocycles. The van der Waals surface area contributed by atoms with Gasteiger partial charge in [0, 0.05) is 0 Å². The molecule has 0 saturated heterocycles. The van der Waals surface area contributed by atoms with E-state index in [0.29, 0.717) is 0 Å². The van der Waals surface area contributed by atoms with Crippen LogP contribution in [0.1, 0.15) is 22.3 Å². The molecule has 13 aromatic carbocycles. The summed E-state index contributed by atoms with van der Waals surface area (Å²) in [5, 5.41) is 12.7. The molecule has 0 amide bonds. The molecule has 0 aliphatic heterocycles. The van der Waals surface area contributed by atoms with Gasteiger partial charge in [0.1, 0.15) is 0 Å². The summed E-state index contributed by atoms with van der Waals surface area (Å²) >= 11 is 0. The fourth-order valence-electron chi connectivity index (χ4n) is 13.0. The number of hydrogen-bond acceptors (Lipinski definition) is 0. The molecule has 0 aromatic heterocycles. The normalized spacial score (nSPS) is 13.0. The van der Waals surface area contributed by atoms with Gasteiger partial charge in [-0.15, -0.1) is 0 Å². The summed E-state index contributed by atoms with van der Waals surface area (Å²) in [6.07, 6.45) is 0. The first-order valence-corrected chi connectivity index (χ1v) is 24.2. The zero-order valence-corrected chi connectivity index (χ0v) is 37.7. The molecule has 0 unspecified atom stereocenters. The summed E-state index contributed by atoms with van der Waals surface area (Å²) in [7, 11) is 0. The van der Waals surface area contributed by atoms with Crippen molar-refractivity contribution in [3.8, 4) is 66.8 Å². The second kappa shape index (κ2) is 14.6. The van der Waals surface area contributed by atoms with Crippen molar-refractivity contribution in [3.05, 3.63) is 277 Å². The van der Waals surface area contributed by atoms with Crippen molar-refractivity contribution in [3.63, 3.8) is 0 Å². The van der Waals surface area contributed by atoms with Crippen LogP contribution in [0, 0.1) is 0 Å². The van der Waals surface area contributed by atoms with Crippen LogP contribution in [-0.4, -0.2) is 0 Å². The Morgan fingerprint density at radius 1 is 0.203 bits per heavy atom. The Balaban J connectivity index is 1.01. The van der Waals surface area contributed by atoms with Crippen LogP contribution >= 0.6 is 0 Å². The van der Waals surface area contributed by atoms with Gasteiger partial charge in [0.15, 0.2) is 0 Å². The van der Waals surface area contributed by atoms with Crippen molar-refractivity contribution < 1.29 is 0 Å². The fraction of sp³-hybridized carbons (Fsp3) is 0.0145. The molecular weight excluding hydrogens is 829 g/mol. The van der Waals surface area contributed by atoms with Gasteiger partial charge in [-0.05, 0) is 155 Å². The van der Waals surface area contributed by atoms with E-state index in [1.807, 2.05) is 0 Å². The summed E-state index contributed by atoms with van der Waals surface area (Å²) in [5.41, 5.74) is 20.2. The highest BCUT2D eigenvalue weighted by molar-refractivity contribution is 6.23. The van der Waals surface area contributed by atoms with Crippen molar-refractivity contribution in [1.29, 1.82) is 0 Å². The Labute approximate surface area is 401 Å².